The van der Waals surface area contributed by atoms with E-state index in [0.717, 1.165) is 0 Å². The van der Waals surface area contributed by atoms with Crippen molar-refractivity contribution in [3.63, 3.8) is 0 Å². The van der Waals surface area contributed by atoms with Crippen molar-refractivity contribution in [1.82, 2.24) is 4.98 Å². The van der Waals surface area contributed by atoms with Gasteiger partial charge in [-0.1, -0.05) is 6.07 Å². The molecule has 1 atom stereocenters. The molecule has 0 bridgehead atoms. The van der Waals surface area contributed by atoms with Crippen LogP contribution in [-0.4, -0.2) is 26.1 Å². The molecule has 0 aliphatic carbocycles. The van der Waals surface area contributed by atoms with E-state index in [2.05, 4.69) is 13.9 Å². The highest BCUT2D eigenvalue weighted by Gasteiger charge is 2.11. The highest BCUT2D eigenvalue weighted by Crippen LogP contribution is 2.04. The van der Waals surface area contributed by atoms with E-state index in [9.17, 15) is 8.42 Å². The molecule has 0 aliphatic rings. The minimum atomic E-state index is -3.82. The Labute approximate surface area is 88.7 Å². The molecule has 0 amide bonds. The first-order valence-corrected chi connectivity index (χ1v) is 5.74. The molecule has 84 valence electrons. The van der Waals surface area contributed by atoms with Crippen LogP contribution in [0.15, 0.2) is 24.4 Å². The number of pyridine rings is 1. The van der Waals surface area contributed by atoms with Gasteiger partial charge in [0, 0.05) is 12.2 Å². The maximum atomic E-state index is 11.3. The molecule has 1 rings (SSSR count). The van der Waals surface area contributed by atoms with Crippen LogP contribution in [0.2, 0.25) is 0 Å². The van der Waals surface area contributed by atoms with Crippen molar-refractivity contribution >= 4 is 16.1 Å². The van der Waals surface area contributed by atoms with Crippen LogP contribution < -0.4 is 10.5 Å². The Kier molecular flexibility index (Phi) is 4.01. The molecule has 7 heteroatoms. The highest BCUT2D eigenvalue weighted by atomic mass is 32.2. The summed E-state index contributed by atoms with van der Waals surface area (Å²) < 4.78 is 29.3. The van der Waals surface area contributed by atoms with Crippen LogP contribution in [0.4, 0.5) is 5.82 Å². The molecule has 0 aliphatic heterocycles. The summed E-state index contributed by atoms with van der Waals surface area (Å²) in [4.78, 5) is 3.79. The summed E-state index contributed by atoms with van der Waals surface area (Å²) in [5.74, 6) is 0.210. The van der Waals surface area contributed by atoms with Gasteiger partial charge in [0.2, 0.25) is 0 Å². The van der Waals surface area contributed by atoms with Crippen LogP contribution >= 0.6 is 0 Å². The zero-order chi connectivity index (χ0) is 11.3. The minimum absolute atomic E-state index is 0.0673. The number of hydrogen-bond acceptors (Lipinski definition) is 5. The van der Waals surface area contributed by atoms with Crippen LogP contribution in [0.25, 0.3) is 0 Å². The molecule has 1 heterocycles. The SMILES string of the molecule is C[C@@H](N)COS(=O)(=O)Nc1ccccn1. The standard InChI is InChI=1S/C8H13N3O3S/c1-7(9)6-14-15(12,13)11-8-4-2-3-5-10-8/h2-5,7H,6,9H2,1H3,(H,10,11)/t7-/m1/s1. The van der Waals surface area contributed by atoms with Gasteiger partial charge in [-0.2, -0.15) is 8.42 Å². The topological polar surface area (TPSA) is 94.3 Å². The minimum Gasteiger partial charge on any atom is -0.326 e. The van der Waals surface area contributed by atoms with E-state index in [-0.39, 0.29) is 18.5 Å². The number of hydrogen-bond donors (Lipinski definition) is 2. The lowest BCUT2D eigenvalue weighted by molar-refractivity contribution is 0.301. The second kappa shape index (κ2) is 5.06. The number of nitrogens with zero attached hydrogens (tertiary/aromatic N) is 1. The molecule has 0 unspecified atom stereocenters. The van der Waals surface area contributed by atoms with Crippen LogP contribution in [-0.2, 0) is 14.5 Å². The first kappa shape index (κ1) is 11.9. The summed E-state index contributed by atoms with van der Waals surface area (Å²) in [6, 6.07) is 4.52. The largest absolute Gasteiger partial charge is 0.361 e. The summed E-state index contributed by atoms with van der Waals surface area (Å²) >= 11 is 0. The lowest BCUT2D eigenvalue weighted by atomic mass is 10.4. The molecule has 15 heavy (non-hydrogen) atoms. The first-order valence-electron chi connectivity index (χ1n) is 4.33. The number of rotatable bonds is 5. The van der Waals surface area contributed by atoms with Crippen molar-refractivity contribution in [3.8, 4) is 0 Å². The van der Waals surface area contributed by atoms with Crippen molar-refractivity contribution in [1.29, 1.82) is 0 Å². The van der Waals surface area contributed by atoms with Gasteiger partial charge in [0.05, 0.1) is 6.61 Å². The Bertz CT molecular complexity index is 391. The molecule has 0 saturated carbocycles. The molecule has 0 saturated heterocycles. The van der Waals surface area contributed by atoms with Crippen molar-refractivity contribution < 1.29 is 12.6 Å². The van der Waals surface area contributed by atoms with Crippen LogP contribution in [0, 0.1) is 0 Å². The second-order valence-electron chi connectivity index (χ2n) is 3.03. The average Bonchev–Trinajstić information content (AvgIpc) is 2.16. The summed E-state index contributed by atoms with van der Waals surface area (Å²) in [6.07, 6.45) is 1.48. The van der Waals surface area contributed by atoms with Gasteiger partial charge in [0.15, 0.2) is 0 Å². The van der Waals surface area contributed by atoms with Gasteiger partial charge in [-0.15, -0.1) is 0 Å². The quantitative estimate of drug-likeness (QED) is 0.749. The van der Waals surface area contributed by atoms with Crippen LogP contribution in [0.5, 0.6) is 0 Å². The zero-order valence-corrected chi connectivity index (χ0v) is 9.07. The highest BCUT2D eigenvalue weighted by molar-refractivity contribution is 7.88. The normalized spacial score (nSPS) is 13.5. The van der Waals surface area contributed by atoms with E-state index < -0.39 is 10.3 Å². The monoisotopic (exact) mass is 231 g/mol. The maximum Gasteiger partial charge on any atom is 0.361 e. The molecule has 1 aromatic heterocycles. The lowest BCUT2D eigenvalue weighted by Crippen LogP contribution is -2.27. The summed E-state index contributed by atoms with van der Waals surface area (Å²) in [7, 11) is -3.82. The van der Waals surface area contributed by atoms with Gasteiger partial charge >= 0.3 is 10.3 Å². The van der Waals surface area contributed by atoms with Gasteiger partial charge in [-0.25, -0.2) is 9.71 Å². The third-order valence-corrected chi connectivity index (χ3v) is 2.29. The van der Waals surface area contributed by atoms with Gasteiger partial charge in [-0.05, 0) is 19.1 Å². The van der Waals surface area contributed by atoms with Crippen molar-refractivity contribution in [2.45, 2.75) is 13.0 Å². The predicted molar refractivity (Wildman–Crippen MR) is 56.4 cm³/mol. The third kappa shape index (κ3) is 4.73. The number of anilines is 1. The van der Waals surface area contributed by atoms with Crippen LogP contribution in [0.1, 0.15) is 6.92 Å². The smallest absolute Gasteiger partial charge is 0.326 e. The Hall–Kier alpha value is -1.18. The molecular weight excluding hydrogens is 218 g/mol. The molecule has 6 nitrogen and oxygen atoms in total. The summed E-state index contributed by atoms with van der Waals surface area (Å²) in [5, 5.41) is 0. The number of aromatic nitrogens is 1. The Balaban J connectivity index is 2.57. The Morgan fingerprint density at radius 3 is 2.87 bits per heavy atom. The fourth-order valence-corrected chi connectivity index (χ4v) is 1.61. The Morgan fingerprint density at radius 1 is 1.60 bits per heavy atom. The van der Waals surface area contributed by atoms with Gasteiger partial charge in [-0.3, -0.25) is 4.18 Å². The van der Waals surface area contributed by atoms with E-state index in [1.54, 1.807) is 19.1 Å². The average molecular weight is 231 g/mol. The van der Waals surface area contributed by atoms with E-state index in [1.165, 1.54) is 12.3 Å². The fraction of sp³-hybridized carbons (Fsp3) is 0.375. The molecule has 0 spiro atoms. The number of nitrogens with one attached hydrogen (secondary N) is 1. The predicted octanol–water partition coefficient (Wildman–Crippen LogP) is 0.102. The lowest BCUT2D eigenvalue weighted by Gasteiger charge is -2.08. The van der Waals surface area contributed by atoms with Crippen molar-refractivity contribution in [2.24, 2.45) is 5.73 Å². The third-order valence-electron chi connectivity index (χ3n) is 1.38. The van der Waals surface area contributed by atoms with Crippen molar-refractivity contribution in [3.05, 3.63) is 24.4 Å². The maximum absolute atomic E-state index is 11.3. The molecular formula is C8H13N3O3S. The summed E-state index contributed by atoms with van der Waals surface area (Å²) in [6.45, 7) is 1.58. The van der Waals surface area contributed by atoms with Gasteiger partial charge in [0.25, 0.3) is 0 Å². The molecule has 0 aromatic carbocycles. The fourth-order valence-electron chi connectivity index (χ4n) is 0.778. The van der Waals surface area contributed by atoms with Gasteiger partial charge in [0.1, 0.15) is 5.82 Å². The van der Waals surface area contributed by atoms with E-state index in [1.807, 2.05) is 0 Å². The zero-order valence-electron chi connectivity index (χ0n) is 8.25. The van der Waals surface area contributed by atoms with E-state index >= 15 is 0 Å². The van der Waals surface area contributed by atoms with Gasteiger partial charge < -0.3 is 5.73 Å². The molecule has 0 fully saturated rings. The van der Waals surface area contributed by atoms with Crippen molar-refractivity contribution in [2.75, 3.05) is 11.3 Å². The van der Waals surface area contributed by atoms with Crippen LogP contribution in [0.3, 0.4) is 0 Å². The molecule has 3 N–H and O–H groups in total. The first-order chi connectivity index (χ1) is 6.99. The second-order valence-corrected chi connectivity index (χ2v) is 4.38. The molecule has 0 radical (unpaired) electrons. The van der Waals surface area contributed by atoms with E-state index in [4.69, 9.17) is 5.73 Å². The Morgan fingerprint density at radius 2 is 2.33 bits per heavy atom. The molecule has 1 aromatic rings. The summed E-state index contributed by atoms with van der Waals surface area (Å²) in [5.41, 5.74) is 5.36. The van der Waals surface area contributed by atoms with E-state index in [0.29, 0.717) is 0 Å². The number of nitrogens with two attached hydrogens (primary N) is 1.